The van der Waals surface area contributed by atoms with Crippen LogP contribution >= 0.6 is 0 Å². The van der Waals surface area contributed by atoms with Crippen LogP contribution in [0.4, 0.5) is 0 Å². The topological polar surface area (TPSA) is 87.8 Å². The summed E-state index contributed by atoms with van der Waals surface area (Å²) in [6.07, 6.45) is 0. The number of hydrogen-bond acceptors (Lipinski definition) is 5. The number of piperazine rings is 1. The van der Waals surface area contributed by atoms with Crippen LogP contribution in [0.1, 0.15) is 22.2 Å². The SMILES string of the molecule is COCC(=O)N1CCN(C(=O)c2ccccc2OC)CC1c1nc2ccccc2[nH]1. The number of aromatic amines is 1. The van der Waals surface area contributed by atoms with Crippen molar-refractivity contribution in [2.75, 3.05) is 40.5 Å². The fourth-order valence-electron chi connectivity index (χ4n) is 3.83. The van der Waals surface area contributed by atoms with E-state index in [1.165, 1.54) is 7.11 Å². The lowest BCUT2D eigenvalue weighted by atomic mass is 10.1. The number of nitrogens with one attached hydrogen (secondary N) is 1. The van der Waals surface area contributed by atoms with Crippen LogP contribution in [0, 0.1) is 0 Å². The van der Waals surface area contributed by atoms with Crippen LogP contribution in [0.2, 0.25) is 0 Å². The molecule has 8 heteroatoms. The highest BCUT2D eigenvalue weighted by molar-refractivity contribution is 5.97. The Kier molecular flexibility index (Phi) is 5.67. The Bertz CT molecular complexity index is 1030. The summed E-state index contributed by atoms with van der Waals surface area (Å²) in [5.74, 6) is 0.915. The average Bonchev–Trinajstić information content (AvgIpc) is 3.22. The normalized spacial score (nSPS) is 16.7. The van der Waals surface area contributed by atoms with Crippen LogP contribution in [0.3, 0.4) is 0 Å². The van der Waals surface area contributed by atoms with Crippen LogP contribution < -0.4 is 4.74 Å². The Morgan fingerprint density at radius 2 is 1.87 bits per heavy atom. The number of imidazole rings is 1. The highest BCUT2D eigenvalue weighted by Gasteiger charge is 2.36. The number of fused-ring (bicyclic) bond motifs is 1. The summed E-state index contributed by atoms with van der Waals surface area (Å²) in [5.41, 5.74) is 2.21. The fraction of sp³-hybridized carbons (Fsp3) is 0.318. The van der Waals surface area contributed by atoms with Gasteiger partial charge in [0, 0.05) is 26.7 Å². The second-order valence-corrected chi connectivity index (χ2v) is 7.13. The molecule has 1 saturated heterocycles. The van der Waals surface area contributed by atoms with Gasteiger partial charge in [-0.05, 0) is 24.3 Å². The van der Waals surface area contributed by atoms with Crippen molar-refractivity contribution in [2.24, 2.45) is 0 Å². The van der Waals surface area contributed by atoms with Gasteiger partial charge in [-0.2, -0.15) is 0 Å². The van der Waals surface area contributed by atoms with Crippen LogP contribution in [0.15, 0.2) is 48.5 Å². The molecule has 4 rings (SSSR count). The number of aromatic nitrogens is 2. The van der Waals surface area contributed by atoms with Gasteiger partial charge in [-0.1, -0.05) is 24.3 Å². The van der Waals surface area contributed by atoms with Crippen molar-refractivity contribution in [3.8, 4) is 5.75 Å². The minimum Gasteiger partial charge on any atom is -0.496 e. The maximum atomic E-state index is 13.2. The number of amides is 2. The molecule has 3 aromatic rings. The second kappa shape index (κ2) is 8.54. The lowest BCUT2D eigenvalue weighted by Crippen LogP contribution is -2.53. The zero-order valence-electron chi connectivity index (χ0n) is 17.0. The summed E-state index contributed by atoms with van der Waals surface area (Å²) in [6, 6.07) is 14.5. The Morgan fingerprint density at radius 1 is 1.10 bits per heavy atom. The number of rotatable bonds is 5. The zero-order valence-corrected chi connectivity index (χ0v) is 17.0. The third-order valence-electron chi connectivity index (χ3n) is 5.32. The minimum atomic E-state index is -0.396. The third-order valence-corrected chi connectivity index (χ3v) is 5.32. The van der Waals surface area contributed by atoms with Crippen molar-refractivity contribution in [1.29, 1.82) is 0 Å². The van der Waals surface area contributed by atoms with Gasteiger partial charge in [0.25, 0.3) is 5.91 Å². The number of carbonyl (C=O) groups excluding carboxylic acids is 2. The first-order chi connectivity index (χ1) is 14.6. The summed E-state index contributed by atoms with van der Waals surface area (Å²) in [4.78, 5) is 37.4. The number of benzene rings is 2. The fourth-order valence-corrected chi connectivity index (χ4v) is 3.83. The minimum absolute atomic E-state index is 0.0167. The molecule has 1 N–H and O–H groups in total. The summed E-state index contributed by atoms with van der Waals surface area (Å²) < 4.78 is 10.4. The number of methoxy groups -OCH3 is 2. The Balaban J connectivity index is 1.66. The molecule has 0 radical (unpaired) electrons. The van der Waals surface area contributed by atoms with E-state index in [0.29, 0.717) is 36.8 Å². The monoisotopic (exact) mass is 408 g/mol. The van der Waals surface area contributed by atoms with E-state index in [-0.39, 0.29) is 18.4 Å². The van der Waals surface area contributed by atoms with E-state index < -0.39 is 6.04 Å². The quantitative estimate of drug-likeness (QED) is 0.700. The third kappa shape index (κ3) is 3.73. The molecule has 1 aliphatic rings. The van der Waals surface area contributed by atoms with Gasteiger partial charge < -0.3 is 24.3 Å². The van der Waals surface area contributed by atoms with E-state index in [0.717, 1.165) is 11.0 Å². The van der Waals surface area contributed by atoms with Gasteiger partial charge >= 0.3 is 0 Å². The molecular formula is C22H24N4O4. The van der Waals surface area contributed by atoms with Crippen LogP contribution in [-0.4, -0.2) is 72.0 Å². The molecule has 2 amide bonds. The van der Waals surface area contributed by atoms with E-state index in [2.05, 4.69) is 9.97 Å². The van der Waals surface area contributed by atoms with Crippen molar-refractivity contribution in [3.63, 3.8) is 0 Å². The van der Waals surface area contributed by atoms with Crippen LogP contribution in [0.5, 0.6) is 5.75 Å². The van der Waals surface area contributed by atoms with Gasteiger partial charge in [0.15, 0.2) is 0 Å². The lowest BCUT2D eigenvalue weighted by Gasteiger charge is -2.40. The molecule has 0 saturated carbocycles. The van der Waals surface area contributed by atoms with Gasteiger partial charge in [-0.25, -0.2) is 4.98 Å². The number of carbonyl (C=O) groups is 2. The van der Waals surface area contributed by atoms with E-state index in [4.69, 9.17) is 9.47 Å². The molecule has 1 fully saturated rings. The number of para-hydroxylation sites is 3. The van der Waals surface area contributed by atoms with Crippen LogP contribution in [0.25, 0.3) is 11.0 Å². The van der Waals surface area contributed by atoms with E-state index in [9.17, 15) is 9.59 Å². The first-order valence-electron chi connectivity index (χ1n) is 9.77. The maximum absolute atomic E-state index is 13.2. The smallest absolute Gasteiger partial charge is 0.257 e. The van der Waals surface area contributed by atoms with Crippen molar-refractivity contribution in [1.82, 2.24) is 19.8 Å². The first kappa shape index (κ1) is 19.9. The van der Waals surface area contributed by atoms with Gasteiger partial charge in [0.05, 0.1) is 23.7 Å². The first-order valence-corrected chi connectivity index (χ1v) is 9.77. The van der Waals surface area contributed by atoms with Gasteiger partial charge in [0.2, 0.25) is 5.91 Å². The Morgan fingerprint density at radius 3 is 2.63 bits per heavy atom. The van der Waals surface area contributed by atoms with E-state index >= 15 is 0 Å². The molecule has 8 nitrogen and oxygen atoms in total. The summed E-state index contributed by atoms with van der Waals surface area (Å²) in [5, 5.41) is 0. The molecule has 156 valence electrons. The van der Waals surface area contributed by atoms with Gasteiger partial charge in [-0.15, -0.1) is 0 Å². The zero-order chi connectivity index (χ0) is 21.1. The molecule has 0 spiro atoms. The molecule has 1 unspecified atom stereocenters. The second-order valence-electron chi connectivity index (χ2n) is 7.13. The molecular weight excluding hydrogens is 384 g/mol. The van der Waals surface area contributed by atoms with Crippen molar-refractivity contribution in [3.05, 3.63) is 59.9 Å². The predicted octanol–water partition coefficient (Wildman–Crippen LogP) is 2.24. The largest absolute Gasteiger partial charge is 0.496 e. The predicted molar refractivity (Wildman–Crippen MR) is 111 cm³/mol. The van der Waals surface area contributed by atoms with Gasteiger partial charge in [0.1, 0.15) is 24.2 Å². The molecule has 30 heavy (non-hydrogen) atoms. The van der Waals surface area contributed by atoms with Gasteiger partial charge in [-0.3, -0.25) is 9.59 Å². The number of hydrogen-bond donors (Lipinski definition) is 1. The number of ether oxygens (including phenoxy) is 2. The molecule has 0 aliphatic carbocycles. The molecule has 2 heterocycles. The van der Waals surface area contributed by atoms with E-state index in [1.54, 1.807) is 29.0 Å². The van der Waals surface area contributed by atoms with Crippen molar-refractivity contribution < 1.29 is 19.1 Å². The highest BCUT2D eigenvalue weighted by Crippen LogP contribution is 2.28. The standard InChI is InChI=1S/C22H24N4O4/c1-29-14-20(27)26-12-11-25(22(28)15-7-3-6-10-19(15)30-2)13-18(26)21-23-16-8-4-5-9-17(16)24-21/h3-10,18H,11-14H2,1-2H3,(H,23,24). The summed E-state index contributed by atoms with van der Waals surface area (Å²) in [6.45, 7) is 1.12. The lowest BCUT2D eigenvalue weighted by molar-refractivity contribution is -0.140. The van der Waals surface area contributed by atoms with Crippen LogP contribution in [-0.2, 0) is 9.53 Å². The van der Waals surface area contributed by atoms with E-state index in [1.807, 2.05) is 36.4 Å². The molecule has 1 aromatic heterocycles. The summed E-state index contributed by atoms with van der Waals surface area (Å²) >= 11 is 0. The Labute approximate surface area is 174 Å². The number of H-pyrrole nitrogens is 1. The maximum Gasteiger partial charge on any atom is 0.257 e. The Hall–Kier alpha value is -3.39. The molecule has 1 aliphatic heterocycles. The number of nitrogens with zero attached hydrogens (tertiary/aromatic N) is 3. The molecule has 0 bridgehead atoms. The average molecular weight is 408 g/mol. The van der Waals surface area contributed by atoms with Crippen molar-refractivity contribution >= 4 is 22.8 Å². The highest BCUT2D eigenvalue weighted by atomic mass is 16.5. The molecule has 1 atom stereocenters. The molecule has 2 aromatic carbocycles. The van der Waals surface area contributed by atoms with Crippen molar-refractivity contribution in [2.45, 2.75) is 6.04 Å². The summed E-state index contributed by atoms with van der Waals surface area (Å²) in [7, 11) is 3.04.